The van der Waals surface area contributed by atoms with Crippen LogP contribution in [0.4, 0.5) is 29.1 Å². The Bertz CT molecular complexity index is 1900. The lowest BCUT2D eigenvalue weighted by Crippen LogP contribution is -2.63. The summed E-state index contributed by atoms with van der Waals surface area (Å²) in [5.41, 5.74) is 13.4. The summed E-state index contributed by atoms with van der Waals surface area (Å²) in [6.45, 7) is 2.26. The first-order valence-electron chi connectivity index (χ1n) is 15.2. The van der Waals surface area contributed by atoms with Gasteiger partial charge >= 0.3 is 0 Å². The van der Waals surface area contributed by atoms with Crippen LogP contribution >= 0.6 is 0 Å². The normalized spacial score (nSPS) is 18.0. The van der Waals surface area contributed by atoms with E-state index in [2.05, 4.69) is 19.9 Å². The molecule has 15 heteroatoms. The number of nitrogen functional groups attached to an aromatic ring is 1. The molecule has 5 N–H and O–H groups in total. The van der Waals surface area contributed by atoms with Crippen LogP contribution in [0.1, 0.15) is 30.9 Å². The second kappa shape index (κ2) is 13.7. The molecular formula is C33H34F4N8O3. The molecule has 3 atom stereocenters. The second-order valence-electron chi connectivity index (χ2n) is 11.8. The summed E-state index contributed by atoms with van der Waals surface area (Å²) in [6, 6.07) is 12.8. The molecule has 3 aromatic heterocycles. The number of aromatic nitrogens is 5. The summed E-state index contributed by atoms with van der Waals surface area (Å²) in [5.74, 6) is -1.77. The molecule has 48 heavy (non-hydrogen) atoms. The number of hydrogen-bond acceptors (Lipinski definition) is 10. The van der Waals surface area contributed by atoms with E-state index in [4.69, 9.17) is 20.9 Å². The van der Waals surface area contributed by atoms with E-state index in [-0.39, 0.29) is 48.9 Å². The maximum atomic E-state index is 15.6. The van der Waals surface area contributed by atoms with Gasteiger partial charge in [-0.05, 0) is 43.0 Å². The van der Waals surface area contributed by atoms with E-state index in [0.717, 1.165) is 17.7 Å². The van der Waals surface area contributed by atoms with Gasteiger partial charge in [-0.3, -0.25) is 4.98 Å². The number of hydrogen-bond donors (Lipinski definition) is 3. The fourth-order valence-corrected chi connectivity index (χ4v) is 5.87. The fourth-order valence-electron chi connectivity index (χ4n) is 5.87. The van der Waals surface area contributed by atoms with E-state index in [9.17, 15) is 13.9 Å². The topological polar surface area (TPSA) is 150 Å². The molecule has 0 saturated carbocycles. The van der Waals surface area contributed by atoms with Crippen LogP contribution in [0.25, 0.3) is 22.4 Å². The summed E-state index contributed by atoms with van der Waals surface area (Å²) in [6.07, 6.45) is -1.08. The zero-order valence-electron chi connectivity index (χ0n) is 25.9. The van der Waals surface area contributed by atoms with Gasteiger partial charge in [-0.25, -0.2) is 32.5 Å². The third kappa shape index (κ3) is 6.88. The lowest BCUT2D eigenvalue weighted by atomic mass is 9.84. The van der Waals surface area contributed by atoms with Crippen molar-refractivity contribution >= 4 is 22.7 Å². The van der Waals surface area contributed by atoms with Gasteiger partial charge in [0.1, 0.15) is 23.8 Å². The number of anilines is 2. The van der Waals surface area contributed by atoms with Gasteiger partial charge in [0, 0.05) is 24.7 Å². The molecule has 252 valence electrons. The van der Waals surface area contributed by atoms with Gasteiger partial charge in [0.15, 0.2) is 29.3 Å². The SMILES string of the molecule is CC(OCc1ccccc1)Oc1cc(F)c(-c2cc(Cn3cnc4c(N)ncnc43)c(N3CCC[C@](N)([C@H](O)C(F)F)C3)cn2)cc1F. The predicted octanol–water partition coefficient (Wildman–Crippen LogP) is 4.66. The Labute approximate surface area is 273 Å². The predicted molar refractivity (Wildman–Crippen MR) is 170 cm³/mol. The Kier molecular flexibility index (Phi) is 9.44. The van der Waals surface area contributed by atoms with Gasteiger partial charge in [0.25, 0.3) is 6.43 Å². The number of aliphatic hydroxyl groups is 1. The average Bonchev–Trinajstić information content (AvgIpc) is 3.49. The Balaban J connectivity index is 1.32. The Morgan fingerprint density at radius 2 is 1.83 bits per heavy atom. The van der Waals surface area contributed by atoms with Crippen LogP contribution in [0.15, 0.2) is 67.4 Å². The number of rotatable bonds is 11. The number of nitrogens with two attached hydrogens (primary N) is 2. The third-order valence-corrected chi connectivity index (χ3v) is 8.38. The first-order chi connectivity index (χ1) is 23.0. The first kappa shape index (κ1) is 33.1. The molecule has 0 bridgehead atoms. The van der Waals surface area contributed by atoms with Crippen LogP contribution in [0.3, 0.4) is 0 Å². The zero-order valence-corrected chi connectivity index (χ0v) is 25.9. The zero-order chi connectivity index (χ0) is 34.0. The molecule has 0 spiro atoms. The summed E-state index contributed by atoms with van der Waals surface area (Å²) in [4.78, 5) is 18.8. The highest BCUT2D eigenvalue weighted by Gasteiger charge is 2.43. The largest absolute Gasteiger partial charge is 0.462 e. The lowest BCUT2D eigenvalue weighted by molar-refractivity contribution is -0.0776. The summed E-state index contributed by atoms with van der Waals surface area (Å²) in [7, 11) is 0. The third-order valence-electron chi connectivity index (χ3n) is 8.38. The van der Waals surface area contributed by atoms with E-state index < -0.39 is 36.0 Å². The quantitative estimate of drug-likeness (QED) is 0.134. The van der Waals surface area contributed by atoms with Crippen LogP contribution in [0, 0.1) is 11.6 Å². The highest BCUT2D eigenvalue weighted by molar-refractivity contribution is 5.81. The van der Waals surface area contributed by atoms with Crippen molar-refractivity contribution in [2.75, 3.05) is 23.7 Å². The van der Waals surface area contributed by atoms with Crippen molar-refractivity contribution in [3.8, 4) is 17.0 Å². The molecule has 1 aliphatic heterocycles. The van der Waals surface area contributed by atoms with Crippen molar-refractivity contribution in [3.63, 3.8) is 0 Å². The first-order valence-corrected chi connectivity index (χ1v) is 15.2. The van der Waals surface area contributed by atoms with Crippen LogP contribution in [0.5, 0.6) is 5.75 Å². The maximum absolute atomic E-state index is 15.6. The van der Waals surface area contributed by atoms with Crippen molar-refractivity contribution in [2.45, 2.75) is 57.3 Å². The lowest BCUT2D eigenvalue weighted by Gasteiger charge is -2.44. The Morgan fingerprint density at radius 1 is 1.04 bits per heavy atom. The van der Waals surface area contributed by atoms with Crippen LogP contribution < -0.4 is 21.1 Å². The number of alkyl halides is 2. The van der Waals surface area contributed by atoms with Crippen molar-refractivity contribution in [3.05, 3.63) is 90.1 Å². The molecule has 0 aliphatic carbocycles. The van der Waals surface area contributed by atoms with E-state index in [1.807, 2.05) is 30.3 Å². The Morgan fingerprint density at radius 3 is 2.60 bits per heavy atom. The Hall–Kier alpha value is -4.86. The van der Waals surface area contributed by atoms with E-state index in [1.165, 1.54) is 18.9 Å². The molecular weight excluding hydrogens is 632 g/mol. The van der Waals surface area contributed by atoms with E-state index >= 15 is 8.78 Å². The molecule has 2 aromatic carbocycles. The van der Waals surface area contributed by atoms with Crippen molar-refractivity contribution in [2.24, 2.45) is 5.73 Å². The minimum atomic E-state index is -3.03. The summed E-state index contributed by atoms with van der Waals surface area (Å²) in [5, 5.41) is 10.3. The fraction of sp³-hybridized carbons (Fsp3) is 0.333. The molecule has 1 saturated heterocycles. The van der Waals surface area contributed by atoms with Gasteiger partial charge in [-0.1, -0.05) is 30.3 Å². The number of piperidine rings is 1. The molecule has 1 fully saturated rings. The molecule has 6 rings (SSSR count). The monoisotopic (exact) mass is 666 g/mol. The van der Waals surface area contributed by atoms with Crippen molar-refractivity contribution in [1.82, 2.24) is 24.5 Å². The van der Waals surface area contributed by atoms with Crippen molar-refractivity contribution < 1.29 is 32.1 Å². The molecule has 1 unspecified atom stereocenters. The highest BCUT2D eigenvalue weighted by Crippen LogP contribution is 2.35. The number of ether oxygens (including phenoxy) is 2. The molecule has 1 aliphatic rings. The molecule has 4 heterocycles. The van der Waals surface area contributed by atoms with Gasteiger partial charge < -0.3 is 35.5 Å². The number of fused-ring (bicyclic) bond motifs is 1. The number of pyridine rings is 1. The minimum absolute atomic E-state index is 0.0914. The smallest absolute Gasteiger partial charge is 0.265 e. The average molecular weight is 667 g/mol. The van der Waals surface area contributed by atoms with E-state index in [0.29, 0.717) is 35.4 Å². The minimum Gasteiger partial charge on any atom is -0.462 e. The number of benzene rings is 2. The highest BCUT2D eigenvalue weighted by atomic mass is 19.3. The van der Waals surface area contributed by atoms with Crippen molar-refractivity contribution in [1.29, 1.82) is 0 Å². The molecule has 0 amide bonds. The molecule has 11 nitrogen and oxygen atoms in total. The van der Waals surface area contributed by atoms with Crippen LogP contribution in [-0.2, 0) is 17.9 Å². The van der Waals surface area contributed by atoms with Gasteiger partial charge in [0.2, 0.25) is 0 Å². The molecule has 0 radical (unpaired) electrons. The van der Waals surface area contributed by atoms with Crippen LogP contribution in [0.2, 0.25) is 0 Å². The van der Waals surface area contributed by atoms with E-state index in [1.54, 1.807) is 22.5 Å². The van der Waals surface area contributed by atoms with Gasteiger partial charge in [-0.15, -0.1) is 0 Å². The van der Waals surface area contributed by atoms with Crippen LogP contribution in [-0.4, -0.2) is 67.1 Å². The standard InChI is InChI=1S/C33H34F4N8O3/c1-19(47-15-20-6-3-2-4-7-20)48-27-12-23(34)22(11-24(27)35)25-10-21(14-45-18-43-28-31(38)41-17-42-32(28)45)26(13-40-25)44-9-5-8-33(39,16-44)29(46)30(36)37/h2-4,6-7,10-13,17-19,29-30,46H,5,8-9,14-16,39H2,1H3,(H2,38,41,42)/t19?,29-,33-/m1/s1. The number of halogens is 4. The number of aliphatic hydroxyl groups excluding tert-OH is 1. The molecule has 5 aromatic rings. The number of nitrogens with zero attached hydrogens (tertiary/aromatic N) is 6. The summed E-state index contributed by atoms with van der Waals surface area (Å²) < 4.78 is 70.9. The maximum Gasteiger partial charge on any atom is 0.265 e. The van der Waals surface area contributed by atoms with Gasteiger partial charge in [0.05, 0.1) is 42.6 Å². The van der Waals surface area contributed by atoms with Gasteiger partial charge in [-0.2, -0.15) is 0 Å². The number of imidazole rings is 1. The second-order valence-corrected chi connectivity index (χ2v) is 11.8. The summed E-state index contributed by atoms with van der Waals surface area (Å²) >= 11 is 0.